The molecule has 1 aliphatic rings. The van der Waals surface area contributed by atoms with E-state index in [2.05, 4.69) is 0 Å². The summed E-state index contributed by atoms with van der Waals surface area (Å²) < 4.78 is 22.6. The van der Waals surface area contributed by atoms with Crippen LogP contribution in [0.25, 0.3) is 0 Å². The smallest absolute Gasteiger partial charge is 0.184 e. The predicted octanol–water partition coefficient (Wildman–Crippen LogP) is 2.41. The summed E-state index contributed by atoms with van der Waals surface area (Å²) in [5, 5.41) is -0.652. The normalized spacial score (nSPS) is 24.6. The van der Waals surface area contributed by atoms with Crippen molar-refractivity contribution in [2.75, 3.05) is 0 Å². The molecule has 1 unspecified atom stereocenters. The monoisotopic (exact) mass is 250 g/mol. The molecule has 0 bridgehead atoms. The third-order valence-electron chi connectivity index (χ3n) is 2.21. The van der Waals surface area contributed by atoms with E-state index in [-0.39, 0.29) is 4.90 Å². The zero-order valence-corrected chi connectivity index (χ0v) is 9.48. The van der Waals surface area contributed by atoms with Gasteiger partial charge in [-0.2, -0.15) is 0 Å². The maximum absolute atomic E-state index is 11.8. The molecule has 0 spiro atoms. The first kappa shape index (κ1) is 10.3. The SMILES string of the molecule is O=S(=O)(c1ccccc1)C1CC1(Cl)Cl. The van der Waals surface area contributed by atoms with Crippen LogP contribution < -0.4 is 0 Å². The van der Waals surface area contributed by atoms with Crippen molar-refractivity contribution in [3.63, 3.8) is 0 Å². The Labute approximate surface area is 92.8 Å². The lowest BCUT2D eigenvalue weighted by Gasteiger charge is -2.03. The van der Waals surface area contributed by atoms with Gasteiger partial charge in [0.25, 0.3) is 0 Å². The van der Waals surface area contributed by atoms with Gasteiger partial charge in [0.15, 0.2) is 9.84 Å². The molecule has 1 fully saturated rings. The molecule has 14 heavy (non-hydrogen) atoms. The molecule has 1 atom stereocenters. The predicted molar refractivity (Wildman–Crippen MR) is 56.5 cm³/mol. The van der Waals surface area contributed by atoms with E-state index < -0.39 is 19.4 Å². The van der Waals surface area contributed by atoms with Gasteiger partial charge in [-0.05, 0) is 12.1 Å². The Hall–Kier alpha value is -0.250. The summed E-state index contributed by atoms with van der Waals surface area (Å²) in [6.07, 6.45) is 0.313. The molecule has 0 heterocycles. The third-order valence-corrected chi connectivity index (χ3v) is 5.56. The van der Waals surface area contributed by atoms with E-state index in [0.717, 1.165) is 0 Å². The second kappa shape index (κ2) is 3.12. The Morgan fingerprint density at radius 2 is 1.71 bits per heavy atom. The summed E-state index contributed by atoms with van der Waals surface area (Å²) in [5.74, 6) is 0. The highest BCUT2D eigenvalue weighted by atomic mass is 35.5. The molecule has 0 radical (unpaired) electrons. The van der Waals surface area contributed by atoms with Crippen molar-refractivity contribution in [2.45, 2.75) is 20.9 Å². The summed E-state index contributed by atoms with van der Waals surface area (Å²) in [6.45, 7) is 0. The van der Waals surface area contributed by atoms with Crippen LogP contribution >= 0.6 is 23.2 Å². The van der Waals surface area contributed by atoms with Crippen LogP contribution in [0.2, 0.25) is 0 Å². The number of hydrogen-bond donors (Lipinski definition) is 0. The van der Waals surface area contributed by atoms with Gasteiger partial charge in [0.2, 0.25) is 0 Å². The van der Waals surface area contributed by atoms with Gasteiger partial charge in [0.1, 0.15) is 9.58 Å². The van der Waals surface area contributed by atoms with Crippen LogP contribution in [0.3, 0.4) is 0 Å². The largest absolute Gasteiger partial charge is 0.223 e. The second-order valence-corrected chi connectivity index (χ2v) is 6.98. The zero-order valence-electron chi connectivity index (χ0n) is 7.15. The molecular formula is C9H8Cl2O2S. The standard InChI is InChI=1S/C9H8Cl2O2S/c10-9(11)6-8(9)14(12,13)7-4-2-1-3-5-7/h1-5,8H,6H2. The molecule has 1 saturated carbocycles. The third kappa shape index (κ3) is 1.64. The summed E-state index contributed by atoms with van der Waals surface area (Å²) >= 11 is 11.5. The minimum absolute atomic E-state index is 0.285. The van der Waals surface area contributed by atoms with Gasteiger partial charge in [0, 0.05) is 6.42 Å². The average molecular weight is 251 g/mol. The van der Waals surface area contributed by atoms with Crippen LogP contribution in [0.4, 0.5) is 0 Å². The van der Waals surface area contributed by atoms with Crippen LogP contribution in [0.5, 0.6) is 0 Å². The molecule has 76 valence electrons. The van der Waals surface area contributed by atoms with Crippen LogP contribution in [0.1, 0.15) is 6.42 Å². The van der Waals surface area contributed by atoms with Crippen LogP contribution in [-0.4, -0.2) is 18.0 Å². The van der Waals surface area contributed by atoms with Crippen molar-refractivity contribution in [1.82, 2.24) is 0 Å². The second-order valence-electron chi connectivity index (χ2n) is 3.31. The highest BCUT2D eigenvalue weighted by Gasteiger charge is 2.59. The van der Waals surface area contributed by atoms with Gasteiger partial charge < -0.3 is 0 Å². The molecular weight excluding hydrogens is 243 g/mol. The lowest BCUT2D eigenvalue weighted by Crippen LogP contribution is -2.12. The van der Waals surface area contributed by atoms with E-state index in [1.54, 1.807) is 30.3 Å². The first-order valence-electron chi connectivity index (χ1n) is 4.11. The van der Waals surface area contributed by atoms with E-state index >= 15 is 0 Å². The molecule has 0 amide bonds. The molecule has 1 aromatic carbocycles. The fourth-order valence-electron chi connectivity index (χ4n) is 1.30. The Bertz CT molecular complexity index is 439. The highest BCUT2D eigenvalue weighted by molar-refractivity contribution is 7.92. The Morgan fingerprint density at radius 3 is 2.14 bits per heavy atom. The van der Waals surface area contributed by atoms with Crippen molar-refractivity contribution in [2.24, 2.45) is 0 Å². The van der Waals surface area contributed by atoms with Crippen molar-refractivity contribution in [1.29, 1.82) is 0 Å². The van der Waals surface area contributed by atoms with E-state index in [0.29, 0.717) is 6.42 Å². The minimum Gasteiger partial charge on any atom is -0.223 e. The van der Waals surface area contributed by atoms with Crippen molar-refractivity contribution >= 4 is 33.0 Å². The number of hydrogen-bond acceptors (Lipinski definition) is 2. The average Bonchev–Trinajstić information content (AvgIpc) is 2.78. The molecule has 0 saturated heterocycles. The highest BCUT2D eigenvalue weighted by Crippen LogP contribution is 2.52. The van der Waals surface area contributed by atoms with Crippen molar-refractivity contribution in [3.05, 3.63) is 30.3 Å². The minimum atomic E-state index is -3.34. The van der Waals surface area contributed by atoms with E-state index in [1.165, 1.54) is 0 Å². The molecule has 1 aliphatic carbocycles. The summed E-state index contributed by atoms with van der Waals surface area (Å²) in [4.78, 5) is 0.285. The number of benzene rings is 1. The number of alkyl halides is 2. The molecule has 0 aromatic heterocycles. The van der Waals surface area contributed by atoms with Crippen LogP contribution in [0, 0.1) is 0 Å². The quantitative estimate of drug-likeness (QED) is 0.756. The molecule has 2 nitrogen and oxygen atoms in total. The van der Waals surface area contributed by atoms with Gasteiger partial charge in [0.05, 0.1) is 4.90 Å². The Kier molecular flexibility index (Phi) is 2.29. The Morgan fingerprint density at radius 1 is 1.21 bits per heavy atom. The summed E-state index contributed by atoms with van der Waals surface area (Å²) in [5.41, 5.74) is 0. The van der Waals surface area contributed by atoms with Crippen molar-refractivity contribution < 1.29 is 8.42 Å². The molecule has 5 heteroatoms. The van der Waals surface area contributed by atoms with E-state index in [9.17, 15) is 8.42 Å². The van der Waals surface area contributed by atoms with E-state index in [1.807, 2.05) is 0 Å². The lowest BCUT2D eigenvalue weighted by molar-refractivity contribution is 0.594. The number of halogens is 2. The van der Waals surface area contributed by atoms with Gasteiger partial charge in [-0.1, -0.05) is 18.2 Å². The van der Waals surface area contributed by atoms with Gasteiger partial charge >= 0.3 is 0 Å². The fourth-order valence-corrected chi connectivity index (χ4v) is 4.30. The molecule has 1 aromatic rings. The zero-order chi connectivity index (χ0) is 10.4. The van der Waals surface area contributed by atoms with Crippen molar-refractivity contribution in [3.8, 4) is 0 Å². The van der Waals surface area contributed by atoms with E-state index in [4.69, 9.17) is 23.2 Å². The Balaban J connectivity index is 2.37. The first-order valence-corrected chi connectivity index (χ1v) is 6.41. The summed E-state index contributed by atoms with van der Waals surface area (Å²) in [7, 11) is -3.34. The number of rotatable bonds is 2. The molecule has 2 rings (SSSR count). The summed E-state index contributed by atoms with van der Waals surface area (Å²) in [6, 6.07) is 8.23. The maximum atomic E-state index is 11.8. The number of sulfone groups is 1. The van der Waals surface area contributed by atoms with Crippen LogP contribution in [0.15, 0.2) is 35.2 Å². The van der Waals surface area contributed by atoms with Gasteiger partial charge in [-0.3, -0.25) is 0 Å². The lowest BCUT2D eigenvalue weighted by atomic mass is 10.4. The molecule has 0 aliphatic heterocycles. The topological polar surface area (TPSA) is 34.1 Å². The fraction of sp³-hybridized carbons (Fsp3) is 0.333. The van der Waals surface area contributed by atoms with Crippen LogP contribution in [-0.2, 0) is 9.84 Å². The van der Waals surface area contributed by atoms with Gasteiger partial charge in [-0.25, -0.2) is 8.42 Å². The van der Waals surface area contributed by atoms with Gasteiger partial charge in [-0.15, -0.1) is 23.2 Å². The maximum Gasteiger partial charge on any atom is 0.184 e. The molecule has 0 N–H and O–H groups in total. The first-order chi connectivity index (χ1) is 6.44.